The van der Waals surface area contributed by atoms with Gasteiger partial charge in [0.25, 0.3) is 5.91 Å². The average Bonchev–Trinajstić information content (AvgIpc) is 3.20. The lowest BCUT2D eigenvalue weighted by Gasteiger charge is -2.23. The number of carbonyl (C=O) groups is 2. The van der Waals surface area contributed by atoms with Gasteiger partial charge in [0.1, 0.15) is 0 Å². The number of carbonyl (C=O) groups excluding carboxylic acids is 2. The summed E-state index contributed by atoms with van der Waals surface area (Å²) < 4.78 is 0. The molecule has 0 spiro atoms. The van der Waals surface area contributed by atoms with Crippen LogP contribution in [0.4, 0.5) is 5.69 Å². The number of rotatable bonds is 5. The quantitative estimate of drug-likeness (QED) is 0.618. The number of ketones is 1. The van der Waals surface area contributed by atoms with Crippen molar-refractivity contribution in [2.45, 2.75) is 25.5 Å². The summed E-state index contributed by atoms with van der Waals surface area (Å²) >= 11 is 7.62. The van der Waals surface area contributed by atoms with Gasteiger partial charge in [0.2, 0.25) is 0 Å². The summed E-state index contributed by atoms with van der Waals surface area (Å²) in [6.45, 7) is 2.14. The molecule has 0 saturated carbocycles. The third-order valence-electron chi connectivity index (χ3n) is 4.96. The van der Waals surface area contributed by atoms with Crippen LogP contribution in [0.2, 0.25) is 5.02 Å². The molecule has 28 heavy (non-hydrogen) atoms. The molecule has 142 valence electrons. The zero-order valence-corrected chi connectivity index (χ0v) is 16.8. The zero-order valence-electron chi connectivity index (χ0n) is 15.2. The van der Waals surface area contributed by atoms with Crippen LogP contribution in [0.25, 0.3) is 0 Å². The lowest BCUT2D eigenvalue weighted by molar-refractivity contribution is -0.136. The number of hydrogen-bond acceptors (Lipinski definition) is 4. The van der Waals surface area contributed by atoms with Crippen molar-refractivity contribution in [3.05, 3.63) is 86.6 Å². The number of aryl methyl sites for hydroxylation is 1. The molecule has 1 aliphatic heterocycles. The molecule has 2 aromatic carbocycles. The molecule has 2 heterocycles. The van der Waals surface area contributed by atoms with Gasteiger partial charge in [-0.25, -0.2) is 0 Å². The van der Waals surface area contributed by atoms with Gasteiger partial charge in [-0.15, -0.1) is 11.3 Å². The fraction of sp³-hybridized carbons (Fsp3) is 0.182. The minimum atomic E-state index is -1.88. The topological polar surface area (TPSA) is 57.6 Å². The fourth-order valence-electron chi connectivity index (χ4n) is 3.54. The third-order valence-corrected chi connectivity index (χ3v) is 6.37. The first-order valence-electron chi connectivity index (χ1n) is 8.87. The highest BCUT2D eigenvalue weighted by Gasteiger charge is 2.50. The number of hydrogen-bond donors (Lipinski definition) is 1. The van der Waals surface area contributed by atoms with Crippen LogP contribution in [-0.4, -0.2) is 16.8 Å². The first kappa shape index (κ1) is 18.9. The van der Waals surface area contributed by atoms with Crippen molar-refractivity contribution in [1.82, 2.24) is 0 Å². The van der Waals surface area contributed by atoms with Crippen LogP contribution in [0.15, 0.2) is 60.7 Å². The molecule has 0 bridgehead atoms. The molecule has 1 aromatic heterocycles. The average molecular weight is 412 g/mol. The van der Waals surface area contributed by atoms with Crippen molar-refractivity contribution in [2.24, 2.45) is 0 Å². The summed E-state index contributed by atoms with van der Waals surface area (Å²) in [6, 6.07) is 17.9. The molecule has 6 heteroatoms. The molecule has 0 saturated heterocycles. The smallest absolute Gasteiger partial charge is 0.264 e. The van der Waals surface area contributed by atoms with E-state index in [-0.39, 0.29) is 18.7 Å². The minimum absolute atomic E-state index is 0.226. The molecular weight excluding hydrogens is 394 g/mol. The van der Waals surface area contributed by atoms with Crippen molar-refractivity contribution in [2.75, 3.05) is 4.90 Å². The van der Waals surface area contributed by atoms with E-state index >= 15 is 0 Å². The summed E-state index contributed by atoms with van der Waals surface area (Å²) in [5.74, 6) is -0.751. The molecule has 1 N–H and O–H groups in total. The Hall–Kier alpha value is -2.47. The van der Waals surface area contributed by atoms with Gasteiger partial charge < -0.3 is 10.0 Å². The number of thiophene rings is 1. The van der Waals surface area contributed by atoms with Crippen LogP contribution in [0.1, 0.15) is 32.1 Å². The van der Waals surface area contributed by atoms with Gasteiger partial charge in [-0.3, -0.25) is 9.59 Å². The lowest BCUT2D eigenvalue weighted by atomic mass is 9.89. The standard InChI is InChI=1S/C22H18ClNO3S/c1-14-10-11-20(28-14)19(25)12-22(27)16-7-3-5-9-18(16)24(21(22)26)13-15-6-2-4-8-17(15)23/h2-11,27H,12-13H2,1H3/t22-/m0/s1. The number of halogens is 1. The highest BCUT2D eigenvalue weighted by molar-refractivity contribution is 7.14. The Morgan fingerprint density at radius 3 is 2.54 bits per heavy atom. The predicted octanol–water partition coefficient (Wildman–Crippen LogP) is 4.72. The van der Waals surface area contributed by atoms with Crippen LogP contribution in [0.5, 0.6) is 0 Å². The Balaban J connectivity index is 1.70. The summed E-state index contributed by atoms with van der Waals surface area (Å²) in [5, 5.41) is 11.9. The maximum atomic E-state index is 13.3. The number of anilines is 1. The van der Waals surface area contributed by atoms with E-state index < -0.39 is 11.5 Å². The second-order valence-corrected chi connectivity index (χ2v) is 8.57. The van der Waals surface area contributed by atoms with Crippen molar-refractivity contribution in [3.8, 4) is 0 Å². The second-order valence-electron chi connectivity index (χ2n) is 6.87. The second kappa shape index (κ2) is 7.17. The number of benzene rings is 2. The van der Waals surface area contributed by atoms with E-state index in [4.69, 9.17) is 11.6 Å². The molecular formula is C22H18ClNO3S. The lowest BCUT2D eigenvalue weighted by Crippen LogP contribution is -2.41. The largest absolute Gasteiger partial charge is 0.375 e. The van der Waals surface area contributed by atoms with Gasteiger partial charge in [0, 0.05) is 15.5 Å². The maximum Gasteiger partial charge on any atom is 0.264 e. The fourth-order valence-corrected chi connectivity index (χ4v) is 4.54. The van der Waals surface area contributed by atoms with Crippen LogP contribution < -0.4 is 4.90 Å². The Morgan fingerprint density at radius 2 is 1.82 bits per heavy atom. The molecule has 1 aliphatic rings. The first-order valence-corrected chi connectivity index (χ1v) is 10.1. The van der Waals surface area contributed by atoms with E-state index in [2.05, 4.69) is 0 Å². The van der Waals surface area contributed by atoms with Crippen molar-refractivity contribution < 1.29 is 14.7 Å². The summed E-state index contributed by atoms with van der Waals surface area (Å²) in [6.07, 6.45) is -0.290. The van der Waals surface area contributed by atoms with Gasteiger partial charge in [-0.1, -0.05) is 48.0 Å². The Morgan fingerprint density at radius 1 is 1.11 bits per heavy atom. The SMILES string of the molecule is Cc1ccc(C(=O)C[C@@]2(O)C(=O)N(Cc3ccccc3Cl)c3ccccc32)s1. The van der Waals surface area contributed by atoms with E-state index in [1.54, 1.807) is 30.3 Å². The summed E-state index contributed by atoms with van der Waals surface area (Å²) in [7, 11) is 0. The maximum absolute atomic E-state index is 13.3. The third kappa shape index (κ3) is 3.15. The van der Waals surface area contributed by atoms with Gasteiger partial charge in [0.15, 0.2) is 11.4 Å². The normalized spacial score (nSPS) is 18.4. The monoisotopic (exact) mass is 411 g/mol. The highest BCUT2D eigenvalue weighted by Crippen LogP contribution is 2.44. The highest BCUT2D eigenvalue weighted by atomic mass is 35.5. The van der Waals surface area contributed by atoms with Crippen LogP contribution in [0.3, 0.4) is 0 Å². The Kier molecular flexibility index (Phi) is 4.83. The van der Waals surface area contributed by atoms with Gasteiger partial charge in [-0.05, 0) is 36.8 Å². The number of para-hydroxylation sites is 1. The van der Waals surface area contributed by atoms with Crippen molar-refractivity contribution in [1.29, 1.82) is 0 Å². The van der Waals surface area contributed by atoms with E-state index in [1.807, 2.05) is 37.3 Å². The predicted molar refractivity (Wildman–Crippen MR) is 111 cm³/mol. The number of nitrogens with zero attached hydrogens (tertiary/aromatic N) is 1. The molecule has 4 rings (SSSR count). The number of amides is 1. The van der Waals surface area contributed by atoms with E-state index in [9.17, 15) is 14.7 Å². The molecule has 0 aliphatic carbocycles. The number of Topliss-reactive ketones (excluding diaryl/α,β-unsaturated/α-hetero) is 1. The summed E-state index contributed by atoms with van der Waals surface area (Å²) in [4.78, 5) is 29.1. The van der Waals surface area contributed by atoms with Crippen LogP contribution >= 0.6 is 22.9 Å². The van der Waals surface area contributed by atoms with Gasteiger partial charge in [-0.2, -0.15) is 0 Å². The van der Waals surface area contributed by atoms with Crippen LogP contribution in [0, 0.1) is 6.92 Å². The molecule has 0 radical (unpaired) electrons. The first-order chi connectivity index (χ1) is 13.4. The van der Waals surface area contributed by atoms with Gasteiger partial charge >= 0.3 is 0 Å². The summed E-state index contributed by atoms with van der Waals surface area (Å²) in [5.41, 5.74) is -0.0529. The van der Waals surface area contributed by atoms with Gasteiger partial charge in [0.05, 0.1) is 23.5 Å². The molecule has 1 atom stereocenters. The molecule has 0 fully saturated rings. The molecule has 0 unspecified atom stereocenters. The van der Waals surface area contributed by atoms with Crippen molar-refractivity contribution in [3.63, 3.8) is 0 Å². The zero-order chi connectivity index (χ0) is 19.9. The number of aliphatic hydroxyl groups is 1. The van der Waals surface area contributed by atoms with Crippen molar-refractivity contribution >= 4 is 40.3 Å². The minimum Gasteiger partial charge on any atom is -0.375 e. The van der Waals surface area contributed by atoms with E-state index in [0.717, 1.165) is 10.4 Å². The van der Waals surface area contributed by atoms with Crippen LogP contribution in [-0.2, 0) is 16.9 Å². The Bertz CT molecular complexity index is 1080. The van der Waals surface area contributed by atoms with E-state index in [0.29, 0.717) is 21.2 Å². The number of fused-ring (bicyclic) bond motifs is 1. The molecule has 1 amide bonds. The Labute approximate surface area is 172 Å². The molecule has 3 aromatic rings. The molecule has 4 nitrogen and oxygen atoms in total. The van der Waals surface area contributed by atoms with E-state index in [1.165, 1.54) is 16.2 Å².